The van der Waals surface area contributed by atoms with E-state index < -0.39 is 5.97 Å². The summed E-state index contributed by atoms with van der Waals surface area (Å²) in [6.45, 7) is 1.87. The van der Waals surface area contributed by atoms with Gasteiger partial charge in [-0.05, 0) is 12.3 Å². The maximum Gasteiger partial charge on any atom is 0.303 e. The summed E-state index contributed by atoms with van der Waals surface area (Å²) in [5.74, 6) is -0.400. The van der Waals surface area contributed by atoms with Gasteiger partial charge in [0.25, 0.3) is 0 Å². The molecule has 0 amide bonds. The quantitative estimate of drug-likeness (QED) is 0.650. The molecule has 1 N–H and O–H groups in total. The average molecular weight is 156 g/mol. The molecular weight excluding hydrogens is 144 g/mol. The molecule has 0 aromatic rings. The number of Topliss-reactive ketones (excluding diaryl/α,β-unsaturated/α-hetero) is 1. The zero-order valence-corrected chi connectivity index (χ0v) is 6.54. The number of ketones is 1. The summed E-state index contributed by atoms with van der Waals surface area (Å²) in [4.78, 5) is 21.2. The summed E-state index contributed by atoms with van der Waals surface area (Å²) in [5, 5.41) is 8.44. The molecule has 2 unspecified atom stereocenters. The van der Waals surface area contributed by atoms with Crippen molar-refractivity contribution >= 4 is 11.8 Å². The molecule has 0 aromatic carbocycles. The van der Waals surface area contributed by atoms with Crippen LogP contribution in [0.15, 0.2) is 0 Å². The summed E-state index contributed by atoms with van der Waals surface area (Å²) in [5.41, 5.74) is 0. The van der Waals surface area contributed by atoms with Crippen molar-refractivity contribution in [2.24, 2.45) is 11.8 Å². The average Bonchev–Trinajstić information content (AvgIpc) is 2.10. The van der Waals surface area contributed by atoms with Crippen LogP contribution in [-0.4, -0.2) is 16.9 Å². The van der Waals surface area contributed by atoms with Crippen LogP contribution in [0.25, 0.3) is 0 Å². The molecule has 2 atom stereocenters. The summed E-state index contributed by atoms with van der Waals surface area (Å²) >= 11 is 0. The molecule has 0 saturated heterocycles. The molecule has 1 saturated carbocycles. The van der Waals surface area contributed by atoms with Crippen LogP contribution in [0.4, 0.5) is 0 Å². The maximum absolute atomic E-state index is 11.0. The molecule has 3 nitrogen and oxygen atoms in total. The van der Waals surface area contributed by atoms with Crippen LogP contribution in [0.3, 0.4) is 0 Å². The molecule has 0 bridgehead atoms. The first kappa shape index (κ1) is 8.24. The van der Waals surface area contributed by atoms with Gasteiger partial charge in [-0.2, -0.15) is 0 Å². The Labute approximate surface area is 65.4 Å². The Balaban J connectivity index is 2.41. The molecule has 3 heteroatoms. The fraction of sp³-hybridized carbons (Fsp3) is 0.750. The number of carbonyl (C=O) groups excluding carboxylic acids is 1. The molecular formula is C8H12O3. The van der Waals surface area contributed by atoms with Gasteiger partial charge < -0.3 is 5.11 Å². The third kappa shape index (κ3) is 2.03. The molecule has 1 fully saturated rings. The van der Waals surface area contributed by atoms with E-state index in [4.69, 9.17) is 5.11 Å². The molecule has 0 spiro atoms. The summed E-state index contributed by atoms with van der Waals surface area (Å²) in [6.07, 6.45) is 1.37. The first-order valence-corrected chi connectivity index (χ1v) is 3.84. The molecule has 0 aromatic heterocycles. The van der Waals surface area contributed by atoms with Crippen LogP contribution in [0.2, 0.25) is 0 Å². The van der Waals surface area contributed by atoms with Crippen molar-refractivity contribution in [1.29, 1.82) is 0 Å². The van der Waals surface area contributed by atoms with E-state index in [0.29, 0.717) is 6.42 Å². The molecule has 0 aliphatic heterocycles. The smallest absolute Gasteiger partial charge is 0.303 e. The Morgan fingerprint density at radius 2 is 2.36 bits per heavy atom. The van der Waals surface area contributed by atoms with Gasteiger partial charge in [-0.1, -0.05) is 6.92 Å². The number of rotatable bonds is 2. The van der Waals surface area contributed by atoms with Crippen LogP contribution in [0, 0.1) is 11.8 Å². The number of carboxylic acids is 1. The van der Waals surface area contributed by atoms with Crippen molar-refractivity contribution in [3.8, 4) is 0 Å². The van der Waals surface area contributed by atoms with E-state index in [1.165, 1.54) is 0 Å². The van der Waals surface area contributed by atoms with Crippen LogP contribution < -0.4 is 0 Å². The highest BCUT2D eigenvalue weighted by Gasteiger charge is 2.30. The first-order valence-electron chi connectivity index (χ1n) is 3.84. The predicted octanol–water partition coefficient (Wildman–Crippen LogP) is 1.08. The van der Waals surface area contributed by atoms with Crippen molar-refractivity contribution < 1.29 is 14.7 Å². The molecule has 11 heavy (non-hydrogen) atoms. The standard InChI is InChI=1S/C8H12O3/c1-5-2-6(3-7(5)9)4-8(10)11/h5-6H,2-4H2,1H3,(H,10,11). The number of aliphatic carboxylic acids is 1. The lowest BCUT2D eigenvalue weighted by Crippen LogP contribution is -2.04. The Hall–Kier alpha value is -0.860. The molecule has 1 aliphatic rings. The van der Waals surface area contributed by atoms with Crippen molar-refractivity contribution in [3.63, 3.8) is 0 Å². The van der Waals surface area contributed by atoms with Crippen molar-refractivity contribution in [2.75, 3.05) is 0 Å². The second-order valence-electron chi connectivity index (χ2n) is 3.27. The van der Waals surface area contributed by atoms with Gasteiger partial charge in [-0.25, -0.2) is 0 Å². The van der Waals surface area contributed by atoms with Gasteiger partial charge >= 0.3 is 5.97 Å². The minimum Gasteiger partial charge on any atom is -0.481 e. The molecule has 0 radical (unpaired) electrons. The van der Waals surface area contributed by atoms with Gasteiger partial charge in [0.1, 0.15) is 5.78 Å². The molecule has 1 rings (SSSR count). The van der Waals surface area contributed by atoms with Gasteiger partial charge in [0.2, 0.25) is 0 Å². The van der Waals surface area contributed by atoms with Gasteiger partial charge in [0.05, 0.1) is 0 Å². The molecule has 0 heterocycles. The summed E-state index contributed by atoms with van der Waals surface area (Å²) < 4.78 is 0. The van der Waals surface area contributed by atoms with Crippen molar-refractivity contribution in [2.45, 2.75) is 26.2 Å². The van der Waals surface area contributed by atoms with E-state index >= 15 is 0 Å². The van der Waals surface area contributed by atoms with Gasteiger partial charge in [-0.15, -0.1) is 0 Å². The second-order valence-corrected chi connectivity index (χ2v) is 3.27. The number of carboxylic acid groups (broad SMARTS) is 1. The van der Waals surface area contributed by atoms with Crippen molar-refractivity contribution in [1.82, 2.24) is 0 Å². The number of carbonyl (C=O) groups is 2. The number of hydrogen-bond acceptors (Lipinski definition) is 2. The molecule has 62 valence electrons. The lowest BCUT2D eigenvalue weighted by molar-refractivity contribution is -0.138. The summed E-state index contributed by atoms with van der Waals surface area (Å²) in [6, 6.07) is 0. The fourth-order valence-corrected chi connectivity index (χ4v) is 1.60. The Morgan fingerprint density at radius 1 is 1.73 bits per heavy atom. The SMILES string of the molecule is CC1CC(CC(=O)O)CC1=O. The van der Waals surface area contributed by atoms with E-state index in [0.717, 1.165) is 6.42 Å². The largest absolute Gasteiger partial charge is 0.481 e. The van der Waals surface area contributed by atoms with E-state index in [2.05, 4.69) is 0 Å². The van der Waals surface area contributed by atoms with Crippen LogP contribution in [0.5, 0.6) is 0 Å². The van der Waals surface area contributed by atoms with Gasteiger partial charge in [0.15, 0.2) is 0 Å². The normalized spacial score (nSPS) is 30.8. The van der Waals surface area contributed by atoms with E-state index in [1.54, 1.807) is 0 Å². The van der Waals surface area contributed by atoms with E-state index in [-0.39, 0.29) is 24.0 Å². The van der Waals surface area contributed by atoms with Crippen molar-refractivity contribution in [3.05, 3.63) is 0 Å². The van der Waals surface area contributed by atoms with Gasteiger partial charge in [-0.3, -0.25) is 9.59 Å². The van der Waals surface area contributed by atoms with Crippen LogP contribution >= 0.6 is 0 Å². The second kappa shape index (κ2) is 3.03. The minimum absolute atomic E-state index is 0.0827. The van der Waals surface area contributed by atoms with E-state index in [1.807, 2.05) is 6.92 Å². The van der Waals surface area contributed by atoms with E-state index in [9.17, 15) is 9.59 Å². The minimum atomic E-state index is -0.795. The highest BCUT2D eigenvalue weighted by molar-refractivity contribution is 5.83. The van der Waals surface area contributed by atoms with Gasteiger partial charge in [0, 0.05) is 18.8 Å². The topological polar surface area (TPSA) is 54.4 Å². The summed E-state index contributed by atoms with van der Waals surface area (Å²) in [7, 11) is 0. The fourth-order valence-electron chi connectivity index (χ4n) is 1.60. The highest BCUT2D eigenvalue weighted by Crippen LogP contribution is 2.29. The lowest BCUT2D eigenvalue weighted by Gasteiger charge is -2.02. The lowest BCUT2D eigenvalue weighted by atomic mass is 10.0. The predicted molar refractivity (Wildman–Crippen MR) is 39.1 cm³/mol. The van der Waals surface area contributed by atoms with Crippen LogP contribution in [0.1, 0.15) is 26.2 Å². The Kier molecular flexibility index (Phi) is 2.27. The number of hydrogen-bond donors (Lipinski definition) is 1. The third-order valence-electron chi connectivity index (χ3n) is 2.19. The monoisotopic (exact) mass is 156 g/mol. The zero-order chi connectivity index (χ0) is 8.43. The Bertz CT molecular complexity index is 184. The van der Waals surface area contributed by atoms with Crippen LogP contribution in [-0.2, 0) is 9.59 Å². The maximum atomic E-state index is 11.0. The first-order chi connectivity index (χ1) is 5.09. The highest BCUT2D eigenvalue weighted by atomic mass is 16.4. The zero-order valence-electron chi connectivity index (χ0n) is 6.54. The Morgan fingerprint density at radius 3 is 2.73 bits per heavy atom. The third-order valence-corrected chi connectivity index (χ3v) is 2.19. The molecule has 1 aliphatic carbocycles.